The molecule has 0 aliphatic carbocycles. The first-order chi connectivity index (χ1) is 11.2. The smallest absolute Gasteiger partial charge is 0.406 e. The highest BCUT2D eigenvalue weighted by atomic mass is 19.4. The highest BCUT2D eigenvalue weighted by Gasteiger charge is 2.30. The van der Waals surface area contributed by atoms with Gasteiger partial charge in [-0.05, 0) is 30.5 Å². The van der Waals surface area contributed by atoms with Crippen LogP contribution in [0.3, 0.4) is 0 Å². The SMILES string of the molecule is CN(Cc1ccc(OC(F)(F)F)cc1)C(=O)CCCCNC(N)=O. The minimum absolute atomic E-state index is 0.0929. The summed E-state index contributed by atoms with van der Waals surface area (Å²) in [4.78, 5) is 23.9. The van der Waals surface area contributed by atoms with E-state index in [2.05, 4.69) is 10.1 Å². The van der Waals surface area contributed by atoms with Crippen molar-refractivity contribution in [2.75, 3.05) is 13.6 Å². The number of nitrogens with two attached hydrogens (primary N) is 1. The number of unbranched alkanes of at least 4 members (excludes halogenated alkanes) is 1. The van der Waals surface area contributed by atoms with Gasteiger partial charge < -0.3 is 20.7 Å². The van der Waals surface area contributed by atoms with Gasteiger partial charge in [0.05, 0.1) is 0 Å². The van der Waals surface area contributed by atoms with E-state index in [4.69, 9.17) is 5.73 Å². The molecule has 0 aliphatic heterocycles. The van der Waals surface area contributed by atoms with Crippen molar-refractivity contribution < 1.29 is 27.5 Å². The molecule has 0 fully saturated rings. The lowest BCUT2D eigenvalue weighted by molar-refractivity contribution is -0.274. The minimum Gasteiger partial charge on any atom is -0.406 e. The molecule has 1 aromatic carbocycles. The van der Waals surface area contributed by atoms with Gasteiger partial charge >= 0.3 is 12.4 Å². The molecule has 6 nitrogen and oxygen atoms in total. The Morgan fingerprint density at radius 3 is 2.38 bits per heavy atom. The average Bonchev–Trinajstić information content (AvgIpc) is 2.46. The van der Waals surface area contributed by atoms with Gasteiger partial charge in [0.2, 0.25) is 5.91 Å². The van der Waals surface area contributed by atoms with Gasteiger partial charge in [0, 0.05) is 26.6 Å². The van der Waals surface area contributed by atoms with Crippen LogP contribution in [0.15, 0.2) is 24.3 Å². The predicted molar refractivity (Wildman–Crippen MR) is 81.0 cm³/mol. The second-order valence-electron chi connectivity index (χ2n) is 5.19. The molecule has 1 aromatic rings. The standard InChI is InChI=1S/C15H20F3N3O3/c1-21(13(22)4-2-3-9-20-14(19)23)10-11-5-7-12(8-6-11)24-15(16,17)18/h5-8H,2-4,9-10H2,1H3,(H3,19,20,23). The largest absolute Gasteiger partial charge is 0.573 e. The number of nitrogens with zero attached hydrogens (tertiary/aromatic N) is 1. The lowest BCUT2D eigenvalue weighted by Gasteiger charge is -2.17. The van der Waals surface area contributed by atoms with E-state index in [1.54, 1.807) is 7.05 Å². The number of nitrogens with one attached hydrogen (secondary N) is 1. The molecule has 0 unspecified atom stereocenters. The Kier molecular flexibility index (Phi) is 7.34. The second-order valence-corrected chi connectivity index (χ2v) is 5.19. The lowest BCUT2D eigenvalue weighted by Crippen LogP contribution is -2.30. The first-order valence-corrected chi connectivity index (χ1v) is 7.29. The van der Waals surface area contributed by atoms with E-state index in [9.17, 15) is 22.8 Å². The third-order valence-corrected chi connectivity index (χ3v) is 3.12. The number of carbonyl (C=O) groups is 2. The number of halogens is 3. The Balaban J connectivity index is 2.36. The number of hydrogen-bond donors (Lipinski definition) is 2. The highest BCUT2D eigenvalue weighted by molar-refractivity contribution is 5.75. The third-order valence-electron chi connectivity index (χ3n) is 3.12. The van der Waals surface area contributed by atoms with Gasteiger partial charge in [0.25, 0.3) is 0 Å². The number of hydrogen-bond acceptors (Lipinski definition) is 3. The van der Waals surface area contributed by atoms with Crippen LogP contribution in [0.4, 0.5) is 18.0 Å². The first kappa shape index (κ1) is 19.6. The zero-order valence-corrected chi connectivity index (χ0v) is 13.2. The van der Waals surface area contributed by atoms with Crippen LogP contribution in [-0.2, 0) is 11.3 Å². The maximum Gasteiger partial charge on any atom is 0.573 e. The van der Waals surface area contributed by atoms with E-state index in [0.717, 1.165) is 0 Å². The Morgan fingerprint density at radius 1 is 1.21 bits per heavy atom. The molecule has 0 saturated carbocycles. The van der Waals surface area contributed by atoms with Crippen LogP contribution in [-0.4, -0.2) is 36.8 Å². The number of amides is 3. The van der Waals surface area contributed by atoms with Gasteiger partial charge in [-0.1, -0.05) is 12.1 Å². The summed E-state index contributed by atoms with van der Waals surface area (Å²) >= 11 is 0. The zero-order chi connectivity index (χ0) is 18.2. The molecule has 0 heterocycles. The van der Waals surface area contributed by atoms with Gasteiger partial charge in [0.15, 0.2) is 0 Å². The van der Waals surface area contributed by atoms with E-state index < -0.39 is 12.4 Å². The summed E-state index contributed by atoms with van der Waals surface area (Å²) in [5, 5.41) is 2.43. The Bertz CT molecular complexity index is 547. The number of benzene rings is 1. The van der Waals surface area contributed by atoms with Crippen molar-refractivity contribution in [3.05, 3.63) is 29.8 Å². The van der Waals surface area contributed by atoms with E-state index in [-0.39, 0.29) is 18.2 Å². The molecule has 0 aliphatic rings. The molecule has 0 spiro atoms. The van der Waals surface area contributed by atoms with E-state index in [0.29, 0.717) is 31.4 Å². The van der Waals surface area contributed by atoms with Gasteiger partial charge in [0.1, 0.15) is 5.75 Å². The summed E-state index contributed by atoms with van der Waals surface area (Å²) < 4.78 is 40.0. The summed E-state index contributed by atoms with van der Waals surface area (Å²) in [6, 6.07) is 4.76. The number of urea groups is 1. The van der Waals surface area contributed by atoms with Crippen LogP contribution >= 0.6 is 0 Å². The molecule has 3 N–H and O–H groups in total. The van der Waals surface area contributed by atoms with Gasteiger partial charge in [-0.3, -0.25) is 4.79 Å². The number of primary amides is 1. The quantitative estimate of drug-likeness (QED) is 0.708. The third kappa shape index (κ3) is 8.25. The molecule has 3 amide bonds. The maximum absolute atomic E-state index is 12.1. The van der Waals surface area contributed by atoms with Crippen molar-refractivity contribution in [1.29, 1.82) is 0 Å². The van der Waals surface area contributed by atoms with E-state index >= 15 is 0 Å². The summed E-state index contributed by atoms with van der Waals surface area (Å²) in [5.41, 5.74) is 5.61. The lowest BCUT2D eigenvalue weighted by atomic mass is 10.2. The minimum atomic E-state index is -4.72. The van der Waals surface area contributed by atoms with Crippen molar-refractivity contribution in [2.45, 2.75) is 32.2 Å². The van der Waals surface area contributed by atoms with Crippen LogP contribution < -0.4 is 15.8 Å². The molecule has 0 aromatic heterocycles. The van der Waals surface area contributed by atoms with E-state index in [1.807, 2.05) is 0 Å². The van der Waals surface area contributed by atoms with Crippen LogP contribution in [0.2, 0.25) is 0 Å². The molecule has 9 heteroatoms. The maximum atomic E-state index is 12.1. The number of rotatable bonds is 8. The van der Waals surface area contributed by atoms with Crippen molar-refractivity contribution in [3.8, 4) is 5.75 Å². The average molecular weight is 347 g/mol. The van der Waals surface area contributed by atoms with Crippen molar-refractivity contribution in [1.82, 2.24) is 10.2 Å². The first-order valence-electron chi connectivity index (χ1n) is 7.29. The summed E-state index contributed by atoms with van der Waals surface area (Å²) in [7, 11) is 1.62. The summed E-state index contributed by atoms with van der Waals surface area (Å²) in [5.74, 6) is -0.396. The van der Waals surface area contributed by atoms with Gasteiger partial charge in [-0.15, -0.1) is 13.2 Å². The second kappa shape index (κ2) is 8.99. The highest BCUT2D eigenvalue weighted by Crippen LogP contribution is 2.23. The molecule has 0 bridgehead atoms. The molecule has 0 saturated heterocycles. The van der Waals surface area contributed by atoms with Crippen molar-refractivity contribution in [2.24, 2.45) is 5.73 Å². The fraction of sp³-hybridized carbons (Fsp3) is 0.467. The summed E-state index contributed by atoms with van der Waals surface area (Å²) in [6.07, 6.45) is -3.18. The van der Waals surface area contributed by atoms with Gasteiger partial charge in [-0.2, -0.15) is 0 Å². The fourth-order valence-corrected chi connectivity index (χ4v) is 1.96. The van der Waals surface area contributed by atoms with Crippen LogP contribution in [0.5, 0.6) is 5.75 Å². The van der Waals surface area contributed by atoms with Gasteiger partial charge in [-0.25, -0.2) is 4.79 Å². The van der Waals surface area contributed by atoms with Crippen molar-refractivity contribution in [3.63, 3.8) is 0 Å². The molecule has 1 rings (SSSR count). The van der Waals surface area contributed by atoms with E-state index in [1.165, 1.54) is 29.2 Å². The molecule has 134 valence electrons. The molecule has 0 radical (unpaired) electrons. The van der Waals surface area contributed by atoms with Crippen LogP contribution in [0, 0.1) is 0 Å². The number of ether oxygens (including phenoxy) is 1. The molecular weight excluding hydrogens is 327 g/mol. The molecule has 24 heavy (non-hydrogen) atoms. The zero-order valence-electron chi connectivity index (χ0n) is 13.2. The normalized spacial score (nSPS) is 11.0. The molecule has 0 atom stereocenters. The Hall–Kier alpha value is -2.45. The Labute approximate surface area is 137 Å². The summed E-state index contributed by atoms with van der Waals surface area (Å²) in [6.45, 7) is 0.692. The molecular formula is C15H20F3N3O3. The topological polar surface area (TPSA) is 84.7 Å². The Morgan fingerprint density at radius 2 is 1.83 bits per heavy atom. The monoisotopic (exact) mass is 347 g/mol. The number of carbonyl (C=O) groups excluding carboxylic acids is 2. The van der Waals surface area contributed by atoms with Crippen molar-refractivity contribution >= 4 is 11.9 Å². The number of alkyl halides is 3. The van der Waals surface area contributed by atoms with Crippen LogP contribution in [0.1, 0.15) is 24.8 Å². The fourth-order valence-electron chi connectivity index (χ4n) is 1.96. The predicted octanol–water partition coefficient (Wildman–Crippen LogP) is 2.38. The van der Waals surface area contributed by atoms with Crippen LogP contribution in [0.25, 0.3) is 0 Å².